The highest BCUT2D eigenvalue weighted by molar-refractivity contribution is 5.91. The first-order chi connectivity index (χ1) is 15.0. The Morgan fingerprint density at radius 1 is 1.10 bits per heavy atom. The Morgan fingerprint density at radius 3 is 2.55 bits per heavy atom. The minimum Gasteiger partial charge on any atom is -0.497 e. The van der Waals surface area contributed by atoms with Gasteiger partial charge >= 0.3 is 6.01 Å². The van der Waals surface area contributed by atoms with Crippen molar-refractivity contribution in [1.82, 2.24) is 14.8 Å². The fourth-order valence-corrected chi connectivity index (χ4v) is 2.98. The molecule has 0 fully saturated rings. The summed E-state index contributed by atoms with van der Waals surface area (Å²) in [4.78, 5) is 16.7. The SMILES string of the molecule is COCCOc1nc(-c2ccc(OC)cc2)n(-c2cccc(NC(=O)CC(C)C)c2)n1. The molecule has 0 atom stereocenters. The third-order valence-corrected chi connectivity index (χ3v) is 4.42. The van der Waals surface area contributed by atoms with E-state index in [0.29, 0.717) is 31.1 Å². The van der Waals surface area contributed by atoms with Gasteiger partial charge in [-0.1, -0.05) is 19.9 Å². The number of aromatic nitrogens is 3. The molecule has 3 aromatic rings. The van der Waals surface area contributed by atoms with Gasteiger partial charge in [0.15, 0.2) is 5.82 Å². The third kappa shape index (κ3) is 6.05. The largest absolute Gasteiger partial charge is 0.497 e. The van der Waals surface area contributed by atoms with Gasteiger partial charge in [-0.05, 0) is 48.4 Å². The van der Waals surface area contributed by atoms with Crippen LogP contribution in [0.25, 0.3) is 17.1 Å². The summed E-state index contributed by atoms with van der Waals surface area (Å²) in [6, 6.07) is 15.3. The van der Waals surface area contributed by atoms with Gasteiger partial charge in [-0.25, -0.2) is 4.68 Å². The first-order valence-corrected chi connectivity index (χ1v) is 10.1. The van der Waals surface area contributed by atoms with Gasteiger partial charge in [-0.3, -0.25) is 4.79 Å². The zero-order valence-corrected chi connectivity index (χ0v) is 18.3. The first-order valence-electron chi connectivity index (χ1n) is 10.1. The van der Waals surface area contributed by atoms with Crippen LogP contribution in [-0.2, 0) is 9.53 Å². The fraction of sp³-hybridized carbons (Fsp3) is 0.348. The van der Waals surface area contributed by atoms with Gasteiger partial charge < -0.3 is 19.5 Å². The van der Waals surface area contributed by atoms with E-state index in [1.807, 2.05) is 62.4 Å². The lowest BCUT2D eigenvalue weighted by Gasteiger charge is -2.10. The standard InChI is InChI=1S/C23H28N4O4/c1-16(2)14-21(28)24-18-6-5-7-19(15-18)27-22(17-8-10-20(30-4)11-9-17)25-23(26-27)31-13-12-29-3/h5-11,15-16H,12-14H2,1-4H3,(H,24,28). The maximum absolute atomic E-state index is 12.2. The topological polar surface area (TPSA) is 87.5 Å². The van der Waals surface area contributed by atoms with E-state index in [1.54, 1.807) is 18.9 Å². The molecule has 164 valence electrons. The van der Waals surface area contributed by atoms with Crippen molar-refractivity contribution in [2.24, 2.45) is 5.92 Å². The monoisotopic (exact) mass is 424 g/mol. The number of anilines is 1. The molecule has 0 aliphatic rings. The summed E-state index contributed by atoms with van der Waals surface area (Å²) in [5, 5.41) is 7.47. The van der Waals surface area contributed by atoms with Crippen molar-refractivity contribution in [3.8, 4) is 28.8 Å². The number of nitrogens with zero attached hydrogens (tertiary/aromatic N) is 3. The molecular formula is C23H28N4O4. The summed E-state index contributed by atoms with van der Waals surface area (Å²) >= 11 is 0. The molecule has 0 bridgehead atoms. The molecule has 0 spiro atoms. The highest BCUT2D eigenvalue weighted by Gasteiger charge is 2.16. The lowest BCUT2D eigenvalue weighted by atomic mass is 10.1. The molecule has 1 amide bonds. The van der Waals surface area contributed by atoms with E-state index in [0.717, 1.165) is 17.0 Å². The van der Waals surface area contributed by atoms with Crippen LogP contribution in [0, 0.1) is 5.92 Å². The van der Waals surface area contributed by atoms with E-state index in [-0.39, 0.29) is 17.8 Å². The second-order valence-electron chi connectivity index (χ2n) is 7.40. The minimum atomic E-state index is -0.0234. The molecule has 0 saturated carbocycles. The number of amides is 1. The van der Waals surface area contributed by atoms with Crippen LogP contribution < -0.4 is 14.8 Å². The summed E-state index contributed by atoms with van der Waals surface area (Å²) < 4.78 is 17.6. The number of hydrogen-bond donors (Lipinski definition) is 1. The second kappa shape index (κ2) is 10.6. The van der Waals surface area contributed by atoms with Crippen LogP contribution in [0.5, 0.6) is 11.8 Å². The van der Waals surface area contributed by atoms with E-state index < -0.39 is 0 Å². The van der Waals surface area contributed by atoms with Crippen molar-refractivity contribution >= 4 is 11.6 Å². The summed E-state index contributed by atoms with van der Waals surface area (Å²) in [5.41, 5.74) is 2.30. The van der Waals surface area contributed by atoms with Crippen LogP contribution in [0.2, 0.25) is 0 Å². The fourth-order valence-electron chi connectivity index (χ4n) is 2.98. The molecule has 0 aliphatic carbocycles. The molecule has 8 heteroatoms. The predicted octanol–water partition coefficient (Wildman–Crippen LogP) is 3.95. The highest BCUT2D eigenvalue weighted by Crippen LogP contribution is 2.26. The molecule has 0 saturated heterocycles. The normalized spacial score (nSPS) is 10.9. The Morgan fingerprint density at radius 2 is 1.87 bits per heavy atom. The number of ether oxygens (including phenoxy) is 3. The van der Waals surface area contributed by atoms with E-state index in [9.17, 15) is 4.79 Å². The van der Waals surface area contributed by atoms with E-state index in [2.05, 4.69) is 15.4 Å². The number of methoxy groups -OCH3 is 2. The zero-order valence-electron chi connectivity index (χ0n) is 18.3. The smallest absolute Gasteiger partial charge is 0.336 e. The van der Waals surface area contributed by atoms with E-state index >= 15 is 0 Å². The first kappa shape index (κ1) is 22.3. The van der Waals surface area contributed by atoms with Gasteiger partial charge in [0.2, 0.25) is 5.91 Å². The quantitative estimate of drug-likeness (QED) is 0.496. The molecule has 8 nitrogen and oxygen atoms in total. The lowest BCUT2D eigenvalue weighted by molar-refractivity contribution is -0.116. The third-order valence-electron chi connectivity index (χ3n) is 4.42. The van der Waals surface area contributed by atoms with Gasteiger partial charge in [0.1, 0.15) is 12.4 Å². The Balaban J connectivity index is 1.94. The number of hydrogen-bond acceptors (Lipinski definition) is 6. The van der Waals surface area contributed by atoms with Gasteiger partial charge in [-0.15, -0.1) is 5.10 Å². The molecule has 1 aromatic heterocycles. The molecule has 3 rings (SSSR count). The zero-order chi connectivity index (χ0) is 22.2. The number of rotatable bonds is 10. The average Bonchev–Trinajstić information content (AvgIpc) is 3.18. The Hall–Kier alpha value is -3.39. The van der Waals surface area contributed by atoms with Crippen molar-refractivity contribution < 1.29 is 19.0 Å². The molecule has 2 aromatic carbocycles. The Kier molecular flexibility index (Phi) is 7.61. The number of carbonyl (C=O) groups is 1. The van der Waals surface area contributed by atoms with Gasteiger partial charge in [0, 0.05) is 24.8 Å². The Labute approximate surface area is 182 Å². The average molecular weight is 425 g/mol. The summed E-state index contributed by atoms with van der Waals surface area (Å²) in [6.45, 7) is 4.80. The summed E-state index contributed by atoms with van der Waals surface area (Å²) in [6.07, 6.45) is 0.460. The van der Waals surface area contributed by atoms with Crippen molar-refractivity contribution in [2.75, 3.05) is 32.8 Å². The van der Waals surface area contributed by atoms with Crippen LogP contribution in [0.4, 0.5) is 5.69 Å². The van der Waals surface area contributed by atoms with Crippen LogP contribution in [-0.4, -0.2) is 48.1 Å². The number of carbonyl (C=O) groups excluding carboxylic acids is 1. The molecule has 1 N–H and O–H groups in total. The Bertz CT molecular complexity index is 999. The molecule has 0 aliphatic heterocycles. The van der Waals surface area contributed by atoms with Gasteiger partial charge in [-0.2, -0.15) is 4.98 Å². The van der Waals surface area contributed by atoms with Crippen molar-refractivity contribution in [3.63, 3.8) is 0 Å². The summed E-state index contributed by atoms with van der Waals surface area (Å²) in [7, 11) is 3.23. The van der Waals surface area contributed by atoms with E-state index in [1.165, 1.54) is 0 Å². The van der Waals surface area contributed by atoms with Crippen molar-refractivity contribution in [3.05, 3.63) is 48.5 Å². The van der Waals surface area contributed by atoms with Gasteiger partial charge in [0.25, 0.3) is 0 Å². The van der Waals surface area contributed by atoms with Crippen LogP contribution >= 0.6 is 0 Å². The highest BCUT2D eigenvalue weighted by atomic mass is 16.5. The number of nitrogens with one attached hydrogen (secondary N) is 1. The molecule has 1 heterocycles. The minimum absolute atomic E-state index is 0.0234. The van der Waals surface area contributed by atoms with Crippen LogP contribution in [0.3, 0.4) is 0 Å². The molecule has 31 heavy (non-hydrogen) atoms. The number of benzene rings is 2. The predicted molar refractivity (Wildman–Crippen MR) is 119 cm³/mol. The van der Waals surface area contributed by atoms with Crippen LogP contribution in [0.15, 0.2) is 48.5 Å². The van der Waals surface area contributed by atoms with Gasteiger partial charge in [0.05, 0.1) is 19.4 Å². The maximum atomic E-state index is 12.2. The molecular weight excluding hydrogens is 396 g/mol. The lowest BCUT2D eigenvalue weighted by Crippen LogP contribution is -2.14. The van der Waals surface area contributed by atoms with Crippen LogP contribution in [0.1, 0.15) is 20.3 Å². The van der Waals surface area contributed by atoms with Crippen molar-refractivity contribution in [1.29, 1.82) is 0 Å². The molecule has 0 unspecified atom stereocenters. The second-order valence-corrected chi connectivity index (χ2v) is 7.40. The summed E-state index contributed by atoms with van der Waals surface area (Å²) in [5.74, 6) is 1.62. The van der Waals surface area contributed by atoms with Crippen molar-refractivity contribution in [2.45, 2.75) is 20.3 Å². The molecule has 0 radical (unpaired) electrons. The maximum Gasteiger partial charge on any atom is 0.336 e. The van der Waals surface area contributed by atoms with E-state index in [4.69, 9.17) is 14.2 Å².